The molecule has 1 aliphatic rings. The van der Waals surface area contributed by atoms with Crippen LogP contribution in [0.25, 0.3) is 0 Å². The van der Waals surface area contributed by atoms with Crippen molar-refractivity contribution >= 4 is 23.3 Å². The Labute approximate surface area is 177 Å². The molecule has 1 saturated heterocycles. The molecule has 0 radical (unpaired) electrons. The van der Waals surface area contributed by atoms with Crippen molar-refractivity contribution in [3.05, 3.63) is 35.7 Å². The van der Waals surface area contributed by atoms with Gasteiger partial charge in [0.05, 0.1) is 19.0 Å². The minimum atomic E-state index is -0.513. The Bertz CT molecular complexity index is 600. The Morgan fingerprint density at radius 2 is 1.77 bits per heavy atom. The zero-order valence-electron chi connectivity index (χ0n) is 16.3. The van der Waals surface area contributed by atoms with Crippen LogP contribution in [-0.4, -0.2) is 58.2 Å². The molecule has 0 saturated carbocycles. The van der Waals surface area contributed by atoms with Crippen molar-refractivity contribution in [2.45, 2.75) is 40.2 Å². The first-order valence-electron chi connectivity index (χ1n) is 7.76. The number of ether oxygens (including phenoxy) is 2. The maximum absolute atomic E-state index is 10.9. The second-order valence-electron chi connectivity index (χ2n) is 4.84. The van der Waals surface area contributed by atoms with E-state index in [1.165, 1.54) is 19.0 Å². The van der Waals surface area contributed by atoms with Gasteiger partial charge >= 0.3 is 30.7 Å². The van der Waals surface area contributed by atoms with Crippen LogP contribution in [0.15, 0.2) is 21.2 Å². The summed E-state index contributed by atoms with van der Waals surface area (Å²) in [6.07, 6.45) is 5.61. The van der Waals surface area contributed by atoms with Crippen LogP contribution < -0.4 is 18.9 Å². The molecule has 2 aromatic rings. The number of aryl methyl sites for hydroxylation is 2. The van der Waals surface area contributed by atoms with Gasteiger partial charge in [0, 0.05) is 13.2 Å². The summed E-state index contributed by atoms with van der Waals surface area (Å²) in [5.74, 6) is 1.22. The molecule has 1 fully saturated rings. The van der Waals surface area contributed by atoms with Crippen molar-refractivity contribution in [2.75, 3.05) is 19.8 Å². The van der Waals surface area contributed by atoms with Gasteiger partial charge in [0.1, 0.15) is 18.1 Å². The first-order chi connectivity index (χ1) is 11.6. The molecule has 1 aliphatic heterocycles. The first-order valence-corrected chi connectivity index (χ1v) is 7.76. The SMILES string of the molecule is C1CCOC1.CCOC(=O)c1ncc(C)o1.Cc1cnc(CO)o1.[AlH3].[H-].[Li+]. The molecule has 0 atom stereocenters. The van der Waals surface area contributed by atoms with Crippen molar-refractivity contribution in [1.82, 2.24) is 9.97 Å². The van der Waals surface area contributed by atoms with Crippen molar-refractivity contribution in [3.63, 3.8) is 0 Å². The number of aliphatic hydroxyl groups is 1. The van der Waals surface area contributed by atoms with E-state index in [2.05, 4.69) is 14.7 Å². The number of rotatable bonds is 3. The van der Waals surface area contributed by atoms with Crippen molar-refractivity contribution in [2.24, 2.45) is 0 Å². The van der Waals surface area contributed by atoms with Crippen LogP contribution in [0.2, 0.25) is 0 Å². The van der Waals surface area contributed by atoms with E-state index in [1.807, 2.05) is 0 Å². The van der Waals surface area contributed by atoms with E-state index in [0.717, 1.165) is 19.0 Å². The summed E-state index contributed by atoms with van der Waals surface area (Å²) >= 11 is 0. The second kappa shape index (κ2) is 16.1. The number of nitrogens with zero attached hydrogens (tertiary/aromatic N) is 2. The Kier molecular flexibility index (Phi) is 16.9. The molecular formula is C16H28AlLiN2O6. The number of carbonyl (C=O) groups excluding carboxylic acids is 1. The molecule has 3 rings (SSSR count). The van der Waals surface area contributed by atoms with Crippen LogP contribution in [0.4, 0.5) is 0 Å². The number of aliphatic hydroxyl groups excluding tert-OH is 1. The third-order valence-corrected chi connectivity index (χ3v) is 2.70. The normalized spacial score (nSPS) is 11.7. The minimum Gasteiger partial charge on any atom is -1.00 e. The van der Waals surface area contributed by atoms with E-state index >= 15 is 0 Å². The fourth-order valence-electron chi connectivity index (χ4n) is 1.63. The van der Waals surface area contributed by atoms with Gasteiger partial charge in [0.2, 0.25) is 5.89 Å². The van der Waals surface area contributed by atoms with E-state index in [-0.39, 0.29) is 50.1 Å². The summed E-state index contributed by atoms with van der Waals surface area (Å²) in [4.78, 5) is 18.3. The second-order valence-corrected chi connectivity index (χ2v) is 4.84. The molecule has 0 bridgehead atoms. The smallest absolute Gasteiger partial charge is 1.00 e. The Hall–Kier alpha value is -1.06. The van der Waals surface area contributed by atoms with Crippen molar-refractivity contribution < 1.29 is 48.5 Å². The summed E-state index contributed by atoms with van der Waals surface area (Å²) < 4.78 is 19.4. The molecule has 0 aliphatic carbocycles. The fourth-order valence-corrected chi connectivity index (χ4v) is 1.63. The first kappa shape index (κ1) is 27.2. The van der Waals surface area contributed by atoms with Gasteiger partial charge < -0.3 is 24.8 Å². The van der Waals surface area contributed by atoms with Crippen LogP contribution in [-0.2, 0) is 16.1 Å². The van der Waals surface area contributed by atoms with E-state index < -0.39 is 5.97 Å². The molecular weight excluding hydrogens is 350 g/mol. The predicted molar refractivity (Wildman–Crippen MR) is 95.5 cm³/mol. The Morgan fingerprint density at radius 1 is 1.19 bits per heavy atom. The average Bonchev–Trinajstić information content (AvgIpc) is 3.31. The van der Waals surface area contributed by atoms with Gasteiger partial charge in [-0.25, -0.2) is 14.8 Å². The molecule has 0 spiro atoms. The molecule has 1 N–H and O–H groups in total. The number of oxazole rings is 2. The van der Waals surface area contributed by atoms with Crippen LogP contribution >= 0.6 is 0 Å². The average molecular weight is 378 g/mol. The number of hydrogen-bond acceptors (Lipinski definition) is 8. The summed E-state index contributed by atoms with van der Waals surface area (Å²) in [6, 6.07) is 0. The van der Waals surface area contributed by atoms with Gasteiger partial charge in [0.25, 0.3) is 0 Å². The molecule has 8 nitrogen and oxygen atoms in total. The maximum atomic E-state index is 10.9. The number of carbonyl (C=O) groups is 1. The van der Waals surface area contributed by atoms with Gasteiger partial charge in [-0.3, -0.25) is 0 Å². The zero-order chi connectivity index (χ0) is 17.8. The minimum absolute atomic E-state index is 0. The molecule has 142 valence electrons. The third kappa shape index (κ3) is 11.5. The molecule has 0 unspecified atom stereocenters. The standard InChI is InChI=1S/C7H9NO3.C5H7NO2.C4H8O.Al.Li.4H/c1-3-10-7(9)6-8-4-5(2)11-6;1-4-2-6-5(3-7)8-4;1-2-4-5-3-1;;;;;;/h4H,3H2,1-2H3;2,7H,3H2,1H3;1-4H2;;;;;;/q;;;;+1;;;;-1. The van der Waals surface area contributed by atoms with Crippen LogP contribution in [0.1, 0.15) is 49.3 Å². The maximum Gasteiger partial charge on any atom is 1.00 e. The van der Waals surface area contributed by atoms with Crippen molar-refractivity contribution in [3.8, 4) is 0 Å². The molecule has 2 aromatic heterocycles. The Morgan fingerprint density at radius 3 is 2.08 bits per heavy atom. The van der Waals surface area contributed by atoms with Crippen LogP contribution in [0.5, 0.6) is 0 Å². The summed E-state index contributed by atoms with van der Waals surface area (Å²) in [6.45, 7) is 7.45. The van der Waals surface area contributed by atoms with Crippen LogP contribution in [0, 0.1) is 13.8 Å². The van der Waals surface area contributed by atoms with Gasteiger partial charge in [-0.05, 0) is 33.6 Å². The molecule has 0 amide bonds. The number of esters is 1. The topological polar surface area (TPSA) is 108 Å². The van der Waals surface area contributed by atoms with Crippen LogP contribution in [0.3, 0.4) is 0 Å². The van der Waals surface area contributed by atoms with E-state index in [9.17, 15) is 4.79 Å². The molecule has 10 heteroatoms. The van der Waals surface area contributed by atoms with Gasteiger partial charge in [0.15, 0.2) is 17.4 Å². The molecule has 3 heterocycles. The summed E-state index contributed by atoms with van der Waals surface area (Å²) in [7, 11) is 0. The summed E-state index contributed by atoms with van der Waals surface area (Å²) in [5, 5.41) is 8.39. The Balaban J connectivity index is -0.000000321. The zero-order valence-corrected chi connectivity index (χ0v) is 15.3. The number of hydrogen-bond donors (Lipinski definition) is 1. The largest absolute Gasteiger partial charge is 1.00 e. The number of aromatic nitrogens is 2. The third-order valence-electron chi connectivity index (χ3n) is 2.70. The van der Waals surface area contributed by atoms with Gasteiger partial charge in [-0.2, -0.15) is 0 Å². The van der Waals surface area contributed by atoms with Gasteiger partial charge in [-0.15, -0.1) is 0 Å². The quantitative estimate of drug-likeness (QED) is 0.501. The predicted octanol–water partition coefficient (Wildman–Crippen LogP) is -1.64. The van der Waals surface area contributed by atoms with Gasteiger partial charge in [-0.1, -0.05) is 0 Å². The van der Waals surface area contributed by atoms with E-state index in [4.69, 9.17) is 18.7 Å². The van der Waals surface area contributed by atoms with E-state index in [1.54, 1.807) is 27.0 Å². The van der Waals surface area contributed by atoms with E-state index in [0.29, 0.717) is 18.3 Å². The molecule has 0 aromatic carbocycles. The molecule has 26 heavy (non-hydrogen) atoms. The van der Waals surface area contributed by atoms with Crippen molar-refractivity contribution in [1.29, 1.82) is 0 Å². The fraction of sp³-hybridized carbons (Fsp3) is 0.562. The summed E-state index contributed by atoms with van der Waals surface area (Å²) in [5.41, 5.74) is 0. The monoisotopic (exact) mass is 378 g/mol.